The fraction of sp³-hybridized carbons (Fsp3) is 0.167. The van der Waals surface area contributed by atoms with Crippen LogP contribution in [0.2, 0.25) is 0 Å². The molecule has 9 heteroatoms. The van der Waals surface area contributed by atoms with E-state index in [0.29, 0.717) is 17.5 Å². The number of nitrogens with two attached hydrogens (primary N) is 1. The molecule has 0 aliphatic heterocycles. The van der Waals surface area contributed by atoms with Crippen molar-refractivity contribution >= 4 is 33.6 Å². The number of amides is 1. The van der Waals surface area contributed by atoms with Crippen molar-refractivity contribution in [2.75, 3.05) is 18.6 Å². The molecule has 3 aromatic rings. The molecule has 0 spiro atoms. The highest BCUT2D eigenvalue weighted by atomic mass is 79.9. The Balaban J connectivity index is 1.62. The van der Waals surface area contributed by atoms with Gasteiger partial charge in [0.25, 0.3) is 0 Å². The van der Waals surface area contributed by atoms with E-state index in [0.717, 1.165) is 15.6 Å². The highest BCUT2D eigenvalue weighted by Crippen LogP contribution is 2.27. The molecule has 0 saturated carbocycles. The first-order valence-corrected chi connectivity index (χ1v) is 9.80. The largest absolute Gasteiger partial charge is 0.341 e. The quantitative estimate of drug-likeness (QED) is 0.461. The van der Waals surface area contributed by atoms with Crippen LogP contribution in [0.5, 0.6) is 0 Å². The third-order valence-electron chi connectivity index (χ3n) is 3.86. The monoisotopic (exact) mass is 449 g/mol. The molecule has 0 saturated heterocycles. The van der Waals surface area contributed by atoms with E-state index in [-0.39, 0.29) is 17.5 Å². The minimum Gasteiger partial charge on any atom is -0.341 e. The average molecular weight is 450 g/mol. The van der Waals surface area contributed by atoms with Crippen molar-refractivity contribution in [1.82, 2.24) is 19.8 Å². The highest BCUT2D eigenvalue weighted by molar-refractivity contribution is 9.10. The summed E-state index contributed by atoms with van der Waals surface area (Å²) in [6, 6.07) is 13.6. The molecule has 2 aromatic carbocycles. The Morgan fingerprint density at radius 2 is 1.93 bits per heavy atom. The number of carbonyl (C=O) groups excluding carboxylic acids is 1. The van der Waals surface area contributed by atoms with Crippen LogP contribution < -0.4 is 5.84 Å². The van der Waals surface area contributed by atoms with Gasteiger partial charge in [0.2, 0.25) is 11.1 Å². The van der Waals surface area contributed by atoms with Crippen LogP contribution in [0.3, 0.4) is 0 Å². The second-order valence-electron chi connectivity index (χ2n) is 5.82. The molecule has 140 valence electrons. The molecule has 0 unspecified atom stereocenters. The molecule has 0 fully saturated rings. The van der Waals surface area contributed by atoms with Crippen molar-refractivity contribution in [1.29, 1.82) is 0 Å². The highest BCUT2D eigenvalue weighted by Gasteiger charge is 2.17. The zero-order chi connectivity index (χ0) is 19.4. The fourth-order valence-electron chi connectivity index (χ4n) is 2.39. The van der Waals surface area contributed by atoms with Crippen LogP contribution in [0, 0.1) is 5.82 Å². The van der Waals surface area contributed by atoms with E-state index in [1.807, 2.05) is 24.3 Å². The SMILES string of the molecule is CN(Cc1ccc(F)cc1)C(=O)CSc1nnc(-c2ccccc2Br)n1N. The minimum absolute atomic E-state index is 0.0882. The van der Waals surface area contributed by atoms with Crippen molar-refractivity contribution in [2.24, 2.45) is 0 Å². The van der Waals surface area contributed by atoms with Gasteiger partial charge in [-0.25, -0.2) is 9.07 Å². The van der Waals surface area contributed by atoms with Gasteiger partial charge in [0.15, 0.2) is 5.82 Å². The van der Waals surface area contributed by atoms with E-state index in [1.54, 1.807) is 24.1 Å². The number of hydrogen-bond acceptors (Lipinski definition) is 5. The molecule has 0 atom stereocenters. The molecular weight excluding hydrogens is 433 g/mol. The zero-order valence-corrected chi connectivity index (χ0v) is 16.9. The number of rotatable bonds is 6. The predicted molar refractivity (Wildman–Crippen MR) is 107 cm³/mol. The molecule has 27 heavy (non-hydrogen) atoms. The Labute approximate surface area is 168 Å². The summed E-state index contributed by atoms with van der Waals surface area (Å²) in [5, 5.41) is 8.65. The number of hydrogen-bond donors (Lipinski definition) is 1. The van der Waals surface area contributed by atoms with Gasteiger partial charge in [-0.05, 0) is 29.8 Å². The van der Waals surface area contributed by atoms with Gasteiger partial charge in [-0.1, -0.05) is 52.0 Å². The van der Waals surface area contributed by atoms with Crippen LogP contribution in [0.1, 0.15) is 5.56 Å². The number of thioether (sulfide) groups is 1. The lowest BCUT2D eigenvalue weighted by molar-refractivity contribution is -0.127. The molecule has 0 aliphatic carbocycles. The maximum Gasteiger partial charge on any atom is 0.233 e. The van der Waals surface area contributed by atoms with E-state index in [4.69, 9.17) is 5.84 Å². The molecule has 6 nitrogen and oxygen atoms in total. The van der Waals surface area contributed by atoms with Gasteiger partial charge < -0.3 is 10.7 Å². The Morgan fingerprint density at radius 3 is 2.63 bits per heavy atom. The minimum atomic E-state index is -0.300. The predicted octanol–water partition coefficient (Wildman–Crippen LogP) is 3.31. The Kier molecular flexibility index (Phi) is 6.12. The molecule has 1 heterocycles. The van der Waals surface area contributed by atoms with Gasteiger partial charge in [-0.3, -0.25) is 4.79 Å². The third kappa shape index (κ3) is 4.67. The third-order valence-corrected chi connectivity index (χ3v) is 5.48. The van der Waals surface area contributed by atoms with E-state index < -0.39 is 0 Å². The summed E-state index contributed by atoms with van der Waals surface area (Å²) >= 11 is 4.68. The summed E-state index contributed by atoms with van der Waals surface area (Å²) in [5.41, 5.74) is 1.68. The Hall–Kier alpha value is -2.39. The van der Waals surface area contributed by atoms with Crippen molar-refractivity contribution in [3.05, 3.63) is 64.4 Å². The lowest BCUT2D eigenvalue weighted by atomic mass is 10.2. The lowest BCUT2D eigenvalue weighted by Crippen LogP contribution is -2.28. The van der Waals surface area contributed by atoms with Gasteiger partial charge in [0.1, 0.15) is 5.82 Å². The lowest BCUT2D eigenvalue weighted by Gasteiger charge is -2.17. The Bertz CT molecular complexity index is 947. The second kappa shape index (κ2) is 8.53. The van der Waals surface area contributed by atoms with E-state index in [1.165, 1.54) is 28.6 Å². The first-order chi connectivity index (χ1) is 13.0. The van der Waals surface area contributed by atoms with Crippen molar-refractivity contribution in [3.8, 4) is 11.4 Å². The van der Waals surface area contributed by atoms with Crippen LogP contribution in [-0.4, -0.2) is 38.5 Å². The van der Waals surface area contributed by atoms with Gasteiger partial charge in [0, 0.05) is 23.6 Å². The topological polar surface area (TPSA) is 77.0 Å². The number of halogens is 2. The van der Waals surface area contributed by atoms with Crippen LogP contribution in [0.4, 0.5) is 4.39 Å². The molecular formula is C18H17BrFN5OS. The van der Waals surface area contributed by atoms with Gasteiger partial charge in [-0.2, -0.15) is 0 Å². The number of aromatic nitrogens is 3. The summed E-state index contributed by atoms with van der Waals surface area (Å²) in [4.78, 5) is 13.9. The zero-order valence-electron chi connectivity index (χ0n) is 14.5. The molecule has 3 rings (SSSR count). The van der Waals surface area contributed by atoms with Crippen LogP contribution in [-0.2, 0) is 11.3 Å². The van der Waals surface area contributed by atoms with E-state index in [9.17, 15) is 9.18 Å². The summed E-state index contributed by atoms with van der Waals surface area (Å²) in [6.45, 7) is 0.400. The summed E-state index contributed by atoms with van der Waals surface area (Å²) in [6.07, 6.45) is 0. The molecule has 0 bridgehead atoms. The smallest absolute Gasteiger partial charge is 0.233 e. The summed E-state index contributed by atoms with van der Waals surface area (Å²) in [7, 11) is 1.70. The molecule has 0 aliphatic rings. The number of benzene rings is 2. The Morgan fingerprint density at radius 1 is 1.22 bits per heavy atom. The van der Waals surface area contributed by atoms with Crippen molar-refractivity contribution < 1.29 is 9.18 Å². The maximum absolute atomic E-state index is 13.0. The normalized spacial score (nSPS) is 10.8. The van der Waals surface area contributed by atoms with Crippen molar-refractivity contribution in [3.63, 3.8) is 0 Å². The van der Waals surface area contributed by atoms with Gasteiger partial charge in [0.05, 0.1) is 5.75 Å². The van der Waals surface area contributed by atoms with Gasteiger partial charge in [-0.15, -0.1) is 10.2 Å². The van der Waals surface area contributed by atoms with Crippen LogP contribution in [0.25, 0.3) is 11.4 Å². The van der Waals surface area contributed by atoms with Crippen LogP contribution in [0.15, 0.2) is 58.2 Å². The number of carbonyl (C=O) groups is 1. The van der Waals surface area contributed by atoms with E-state index in [2.05, 4.69) is 26.1 Å². The van der Waals surface area contributed by atoms with Crippen molar-refractivity contribution in [2.45, 2.75) is 11.7 Å². The first kappa shape index (κ1) is 19.4. The number of nitrogens with zero attached hydrogens (tertiary/aromatic N) is 4. The molecule has 0 radical (unpaired) electrons. The fourth-order valence-corrected chi connectivity index (χ4v) is 3.65. The van der Waals surface area contributed by atoms with E-state index >= 15 is 0 Å². The van der Waals surface area contributed by atoms with Gasteiger partial charge >= 0.3 is 0 Å². The maximum atomic E-state index is 13.0. The standard InChI is InChI=1S/C18H17BrFN5OS/c1-24(10-12-6-8-13(20)9-7-12)16(26)11-27-18-23-22-17(25(18)21)14-4-2-3-5-15(14)19/h2-9H,10-11,21H2,1H3. The second-order valence-corrected chi connectivity index (χ2v) is 7.62. The summed E-state index contributed by atoms with van der Waals surface area (Å²) < 4.78 is 15.2. The van der Waals surface area contributed by atoms with Crippen LogP contribution >= 0.6 is 27.7 Å². The molecule has 2 N–H and O–H groups in total. The number of nitrogen functional groups attached to an aromatic ring is 1. The first-order valence-electron chi connectivity index (χ1n) is 8.02. The average Bonchev–Trinajstić information content (AvgIpc) is 3.02. The summed E-state index contributed by atoms with van der Waals surface area (Å²) in [5.74, 6) is 6.39. The molecule has 1 aromatic heterocycles. The molecule has 1 amide bonds.